The van der Waals surface area contributed by atoms with E-state index >= 15 is 0 Å². The lowest BCUT2D eigenvalue weighted by molar-refractivity contribution is 0.312. The molecule has 29 heavy (non-hydrogen) atoms. The third kappa shape index (κ3) is 6.85. The van der Waals surface area contributed by atoms with Gasteiger partial charge in [-0.25, -0.2) is 4.98 Å². The first-order valence-electron chi connectivity index (χ1n) is 10.1. The molecule has 0 amide bonds. The number of piperazine rings is 1. The number of rotatable bonds is 6. The van der Waals surface area contributed by atoms with Gasteiger partial charge in [-0.3, -0.25) is 4.99 Å². The molecule has 2 N–H and O–H groups in total. The van der Waals surface area contributed by atoms with Crippen molar-refractivity contribution in [3.63, 3.8) is 0 Å². The van der Waals surface area contributed by atoms with Gasteiger partial charge in [0.15, 0.2) is 5.96 Å². The lowest BCUT2D eigenvalue weighted by Crippen LogP contribution is -2.44. The molecule has 0 spiro atoms. The molecule has 1 fully saturated rings. The second-order valence-electron chi connectivity index (χ2n) is 7.22. The smallest absolute Gasteiger partial charge is 0.191 e. The van der Waals surface area contributed by atoms with Crippen molar-refractivity contribution < 1.29 is 0 Å². The van der Waals surface area contributed by atoms with Crippen molar-refractivity contribution in [3.05, 3.63) is 59.3 Å². The topological polar surface area (TPSA) is 55.8 Å². The van der Waals surface area contributed by atoms with Crippen molar-refractivity contribution in [1.82, 2.24) is 20.5 Å². The Morgan fingerprint density at radius 3 is 2.31 bits per heavy atom. The lowest BCUT2D eigenvalue weighted by Gasteiger charge is -2.33. The molecular formula is C22H33IN6. The zero-order valence-electron chi connectivity index (χ0n) is 17.7. The fraction of sp³-hybridized carbons (Fsp3) is 0.455. The van der Waals surface area contributed by atoms with E-state index in [1.807, 2.05) is 6.20 Å². The minimum absolute atomic E-state index is 0. The Labute approximate surface area is 191 Å². The summed E-state index contributed by atoms with van der Waals surface area (Å²) in [5.74, 6) is 1.87. The molecule has 0 saturated carbocycles. The zero-order chi connectivity index (χ0) is 19.8. The molecule has 158 valence electrons. The molecule has 6 nitrogen and oxygen atoms in total. The number of benzene rings is 1. The number of nitrogens with zero attached hydrogens (tertiary/aromatic N) is 4. The summed E-state index contributed by atoms with van der Waals surface area (Å²) in [5.41, 5.74) is 3.83. The average Bonchev–Trinajstić information content (AvgIpc) is 2.75. The number of hydrogen-bond donors (Lipinski definition) is 2. The van der Waals surface area contributed by atoms with E-state index < -0.39 is 0 Å². The van der Waals surface area contributed by atoms with Crippen molar-refractivity contribution >= 4 is 35.8 Å². The third-order valence-corrected chi connectivity index (χ3v) is 5.27. The number of likely N-dealkylation sites (N-methyl/N-ethyl adjacent to an activating group) is 1. The monoisotopic (exact) mass is 508 g/mol. The van der Waals surface area contributed by atoms with E-state index in [4.69, 9.17) is 0 Å². The number of halogens is 1. The molecule has 1 aliphatic rings. The average molecular weight is 508 g/mol. The van der Waals surface area contributed by atoms with E-state index in [0.717, 1.165) is 56.5 Å². The molecule has 0 unspecified atom stereocenters. The van der Waals surface area contributed by atoms with Gasteiger partial charge < -0.3 is 20.4 Å². The SMILES string of the molecule is CCc1ccccc1CNC(=NC)NCc1ccc(N2CCN(C)CC2)nc1.I. The minimum atomic E-state index is 0. The van der Waals surface area contributed by atoms with Crippen LogP contribution >= 0.6 is 24.0 Å². The highest BCUT2D eigenvalue weighted by Crippen LogP contribution is 2.13. The van der Waals surface area contributed by atoms with Crippen LogP contribution in [0.15, 0.2) is 47.6 Å². The summed E-state index contributed by atoms with van der Waals surface area (Å²) in [5, 5.41) is 6.78. The summed E-state index contributed by atoms with van der Waals surface area (Å²) in [6.45, 7) is 7.91. The van der Waals surface area contributed by atoms with Gasteiger partial charge in [-0.15, -0.1) is 24.0 Å². The minimum Gasteiger partial charge on any atom is -0.354 e. The highest BCUT2D eigenvalue weighted by atomic mass is 127. The first-order chi connectivity index (χ1) is 13.7. The van der Waals surface area contributed by atoms with E-state index in [2.05, 4.69) is 80.8 Å². The van der Waals surface area contributed by atoms with Crippen LogP contribution in [0.25, 0.3) is 0 Å². The summed E-state index contributed by atoms with van der Waals surface area (Å²) in [6, 6.07) is 12.8. The summed E-state index contributed by atoms with van der Waals surface area (Å²) in [7, 11) is 3.97. The molecule has 0 aliphatic carbocycles. The molecule has 3 rings (SSSR count). The molecule has 0 radical (unpaired) electrons. The number of nitrogens with one attached hydrogen (secondary N) is 2. The second kappa shape index (κ2) is 12.0. The van der Waals surface area contributed by atoms with E-state index in [0.29, 0.717) is 6.54 Å². The van der Waals surface area contributed by atoms with Crippen molar-refractivity contribution in [1.29, 1.82) is 0 Å². The maximum absolute atomic E-state index is 4.65. The van der Waals surface area contributed by atoms with Crippen molar-refractivity contribution in [2.75, 3.05) is 45.2 Å². The van der Waals surface area contributed by atoms with E-state index in [-0.39, 0.29) is 24.0 Å². The summed E-state index contributed by atoms with van der Waals surface area (Å²) in [6.07, 6.45) is 3.00. The largest absolute Gasteiger partial charge is 0.354 e. The number of hydrogen-bond acceptors (Lipinski definition) is 4. The van der Waals surface area contributed by atoms with Crippen LogP contribution < -0.4 is 15.5 Å². The van der Waals surface area contributed by atoms with Crippen LogP contribution in [0.1, 0.15) is 23.6 Å². The molecular weight excluding hydrogens is 475 g/mol. The van der Waals surface area contributed by atoms with Gasteiger partial charge in [0.2, 0.25) is 0 Å². The highest BCUT2D eigenvalue weighted by molar-refractivity contribution is 14.0. The fourth-order valence-corrected chi connectivity index (χ4v) is 3.40. The summed E-state index contributed by atoms with van der Waals surface area (Å²) >= 11 is 0. The van der Waals surface area contributed by atoms with Crippen LogP contribution in [0.2, 0.25) is 0 Å². The first-order valence-corrected chi connectivity index (χ1v) is 10.1. The number of pyridine rings is 1. The van der Waals surface area contributed by atoms with Gasteiger partial charge >= 0.3 is 0 Å². The molecule has 7 heteroatoms. The van der Waals surface area contributed by atoms with Gasteiger partial charge in [-0.05, 0) is 36.2 Å². The van der Waals surface area contributed by atoms with Crippen molar-refractivity contribution in [2.45, 2.75) is 26.4 Å². The van der Waals surface area contributed by atoms with Crippen LogP contribution in [-0.4, -0.2) is 56.1 Å². The normalized spacial score (nSPS) is 15.0. The number of aliphatic imine (C=N–C) groups is 1. The molecule has 0 atom stereocenters. The van der Waals surface area contributed by atoms with Crippen molar-refractivity contribution in [2.24, 2.45) is 4.99 Å². The quantitative estimate of drug-likeness (QED) is 0.357. The predicted octanol–water partition coefficient (Wildman–Crippen LogP) is 2.88. The zero-order valence-corrected chi connectivity index (χ0v) is 20.0. The van der Waals surface area contributed by atoms with E-state index in [1.54, 1.807) is 7.05 Å². The number of guanidine groups is 1. The van der Waals surface area contributed by atoms with Gasteiger partial charge in [-0.2, -0.15) is 0 Å². The molecule has 0 bridgehead atoms. The van der Waals surface area contributed by atoms with Crippen molar-refractivity contribution in [3.8, 4) is 0 Å². The van der Waals surface area contributed by atoms with Gasteiger partial charge in [0, 0.05) is 52.5 Å². The molecule has 1 aromatic carbocycles. The predicted molar refractivity (Wildman–Crippen MR) is 132 cm³/mol. The molecule has 1 saturated heterocycles. The van der Waals surface area contributed by atoms with Crippen LogP contribution in [-0.2, 0) is 19.5 Å². The molecule has 2 aromatic rings. The van der Waals surface area contributed by atoms with Crippen LogP contribution in [0, 0.1) is 0 Å². The highest BCUT2D eigenvalue weighted by Gasteiger charge is 2.14. The maximum atomic E-state index is 4.65. The Kier molecular flexibility index (Phi) is 9.66. The van der Waals surface area contributed by atoms with E-state index in [1.165, 1.54) is 11.1 Å². The Balaban J connectivity index is 0.00000300. The Hall–Kier alpha value is -1.87. The Bertz CT molecular complexity index is 769. The molecule has 2 heterocycles. The van der Waals surface area contributed by atoms with Gasteiger partial charge in [-0.1, -0.05) is 37.3 Å². The van der Waals surface area contributed by atoms with Crippen LogP contribution in [0.3, 0.4) is 0 Å². The number of aryl methyl sites for hydroxylation is 1. The van der Waals surface area contributed by atoms with Gasteiger partial charge in [0.25, 0.3) is 0 Å². The van der Waals surface area contributed by atoms with E-state index in [9.17, 15) is 0 Å². The molecule has 1 aliphatic heterocycles. The lowest BCUT2D eigenvalue weighted by atomic mass is 10.1. The third-order valence-electron chi connectivity index (χ3n) is 5.27. The fourth-order valence-electron chi connectivity index (χ4n) is 3.40. The van der Waals surface area contributed by atoms with Gasteiger partial charge in [0.05, 0.1) is 0 Å². The first kappa shape index (κ1) is 23.4. The summed E-state index contributed by atoms with van der Waals surface area (Å²) < 4.78 is 0. The summed E-state index contributed by atoms with van der Waals surface area (Å²) in [4.78, 5) is 13.7. The standard InChI is InChI=1S/C22H32N6.HI/c1-4-19-7-5-6-8-20(19)17-26-22(23-2)25-16-18-9-10-21(24-15-18)28-13-11-27(3)12-14-28;/h5-10,15H,4,11-14,16-17H2,1-3H3,(H2,23,25,26);1H. The molecule has 1 aromatic heterocycles. The maximum Gasteiger partial charge on any atom is 0.191 e. The number of aromatic nitrogens is 1. The Morgan fingerprint density at radius 2 is 1.69 bits per heavy atom. The van der Waals surface area contributed by atoms with Gasteiger partial charge in [0.1, 0.15) is 5.82 Å². The van der Waals surface area contributed by atoms with Crippen LogP contribution in [0.4, 0.5) is 5.82 Å². The second-order valence-corrected chi connectivity index (χ2v) is 7.22. The number of anilines is 1. The Morgan fingerprint density at radius 1 is 1.00 bits per heavy atom. The van der Waals surface area contributed by atoms with Crippen LogP contribution in [0.5, 0.6) is 0 Å².